The molecule has 3 rings (SSSR count). The molecule has 0 spiro atoms. The smallest absolute Gasteiger partial charge is 0.0969 e. The van der Waals surface area contributed by atoms with Crippen LogP contribution in [0.4, 0.5) is 0 Å². The fraction of sp³-hybridized carbons (Fsp3) is 0.923. The summed E-state index contributed by atoms with van der Waals surface area (Å²) in [5, 5.41) is 3.75. The molecule has 0 saturated heterocycles. The van der Waals surface area contributed by atoms with E-state index >= 15 is 0 Å². The highest BCUT2D eigenvalue weighted by Crippen LogP contribution is 2.44. The molecule has 1 N–H and O–H groups in total. The minimum absolute atomic E-state index is 0.617. The van der Waals surface area contributed by atoms with Crippen LogP contribution in [0.15, 0.2) is 4.99 Å². The summed E-state index contributed by atoms with van der Waals surface area (Å²) >= 11 is 0. The van der Waals surface area contributed by atoms with Crippen LogP contribution in [0, 0.1) is 11.8 Å². The molecule has 1 atom stereocenters. The van der Waals surface area contributed by atoms with Gasteiger partial charge in [0.1, 0.15) is 0 Å². The van der Waals surface area contributed by atoms with Gasteiger partial charge in [-0.15, -0.1) is 0 Å². The summed E-state index contributed by atoms with van der Waals surface area (Å²) < 4.78 is 0. The zero-order chi connectivity index (χ0) is 10.3. The Balaban J connectivity index is 1.58. The lowest BCUT2D eigenvalue weighted by molar-refractivity contribution is 0.480. The second kappa shape index (κ2) is 3.80. The van der Waals surface area contributed by atoms with E-state index in [9.17, 15) is 0 Å². The lowest BCUT2D eigenvalue weighted by Gasteiger charge is -2.18. The first-order chi connectivity index (χ1) is 7.36. The van der Waals surface area contributed by atoms with Crippen molar-refractivity contribution in [3.05, 3.63) is 0 Å². The van der Waals surface area contributed by atoms with E-state index in [1.807, 2.05) is 0 Å². The molecule has 3 aliphatic rings. The maximum atomic E-state index is 4.77. The minimum atomic E-state index is 0.617. The monoisotopic (exact) mass is 206 g/mol. The van der Waals surface area contributed by atoms with Crippen molar-refractivity contribution in [2.45, 2.75) is 64.0 Å². The van der Waals surface area contributed by atoms with Gasteiger partial charge < -0.3 is 5.32 Å². The van der Waals surface area contributed by atoms with Crippen molar-refractivity contribution in [3.8, 4) is 0 Å². The average Bonchev–Trinajstić information content (AvgIpc) is 3.14. The van der Waals surface area contributed by atoms with Gasteiger partial charge in [-0.2, -0.15) is 0 Å². The molecule has 84 valence electrons. The molecule has 2 nitrogen and oxygen atoms in total. The lowest BCUT2D eigenvalue weighted by Crippen LogP contribution is -2.37. The predicted molar refractivity (Wildman–Crippen MR) is 63.1 cm³/mol. The van der Waals surface area contributed by atoms with Crippen molar-refractivity contribution in [1.82, 2.24) is 5.32 Å². The molecule has 15 heavy (non-hydrogen) atoms. The molecular weight excluding hydrogens is 184 g/mol. The number of hydrogen-bond acceptors (Lipinski definition) is 2. The second-order valence-electron chi connectivity index (χ2n) is 5.52. The first kappa shape index (κ1) is 9.68. The Kier molecular flexibility index (Phi) is 2.45. The minimum Gasteiger partial charge on any atom is -0.371 e. The highest BCUT2D eigenvalue weighted by Gasteiger charge is 2.42. The van der Waals surface area contributed by atoms with Crippen molar-refractivity contribution in [3.63, 3.8) is 0 Å². The van der Waals surface area contributed by atoms with Gasteiger partial charge in [0, 0.05) is 12.5 Å². The van der Waals surface area contributed by atoms with E-state index in [-0.39, 0.29) is 0 Å². The number of amidine groups is 1. The summed E-state index contributed by atoms with van der Waals surface area (Å²) in [5.74, 6) is 3.30. The highest BCUT2D eigenvalue weighted by atomic mass is 15.1. The van der Waals surface area contributed by atoms with Gasteiger partial charge in [-0.05, 0) is 50.4 Å². The zero-order valence-electron chi connectivity index (χ0n) is 9.71. The molecule has 0 radical (unpaired) electrons. The largest absolute Gasteiger partial charge is 0.371 e. The molecule has 2 aliphatic carbocycles. The van der Waals surface area contributed by atoms with Crippen molar-refractivity contribution >= 4 is 5.84 Å². The third kappa shape index (κ3) is 2.19. The number of hydrogen-bond donors (Lipinski definition) is 1. The topological polar surface area (TPSA) is 24.4 Å². The molecule has 2 heteroatoms. The van der Waals surface area contributed by atoms with Crippen molar-refractivity contribution in [2.24, 2.45) is 16.8 Å². The molecular formula is C13H22N2. The van der Waals surface area contributed by atoms with Gasteiger partial charge in [0.25, 0.3) is 0 Å². The van der Waals surface area contributed by atoms with Gasteiger partial charge in [0.2, 0.25) is 0 Å². The molecule has 2 saturated carbocycles. The SMILES string of the molecule is CCC1CCC(NC(C2CC2)C2CC2)=N1. The van der Waals surface area contributed by atoms with E-state index in [1.54, 1.807) is 0 Å². The Labute approximate surface area is 92.5 Å². The van der Waals surface area contributed by atoms with E-state index in [1.165, 1.54) is 50.8 Å². The summed E-state index contributed by atoms with van der Waals surface area (Å²) in [6, 6.07) is 1.41. The van der Waals surface area contributed by atoms with Crippen molar-refractivity contribution in [1.29, 1.82) is 0 Å². The van der Waals surface area contributed by atoms with Crippen molar-refractivity contribution in [2.75, 3.05) is 0 Å². The van der Waals surface area contributed by atoms with E-state index in [2.05, 4.69) is 12.2 Å². The fourth-order valence-electron chi connectivity index (χ4n) is 2.78. The molecule has 2 fully saturated rings. The number of nitrogens with one attached hydrogen (secondary N) is 1. The Morgan fingerprint density at radius 3 is 2.33 bits per heavy atom. The van der Waals surface area contributed by atoms with E-state index in [0.717, 1.165) is 17.9 Å². The van der Waals surface area contributed by atoms with Gasteiger partial charge in [0.15, 0.2) is 0 Å². The van der Waals surface area contributed by atoms with Gasteiger partial charge in [-0.1, -0.05) is 6.92 Å². The predicted octanol–water partition coefficient (Wildman–Crippen LogP) is 2.74. The molecule has 1 aliphatic heterocycles. The van der Waals surface area contributed by atoms with Crippen LogP contribution in [0.25, 0.3) is 0 Å². The van der Waals surface area contributed by atoms with Crippen LogP contribution in [0.2, 0.25) is 0 Å². The van der Waals surface area contributed by atoms with Crippen LogP contribution in [-0.2, 0) is 0 Å². The summed E-state index contributed by atoms with van der Waals surface area (Å²) in [6.45, 7) is 2.25. The van der Waals surface area contributed by atoms with Crippen LogP contribution in [0.5, 0.6) is 0 Å². The molecule has 0 aromatic carbocycles. The van der Waals surface area contributed by atoms with Crippen molar-refractivity contribution < 1.29 is 0 Å². The van der Waals surface area contributed by atoms with Crippen LogP contribution in [0.3, 0.4) is 0 Å². The molecule has 0 aromatic heterocycles. The Morgan fingerprint density at radius 2 is 1.87 bits per heavy atom. The standard InChI is InChI=1S/C13H22N2/c1-2-11-7-8-12(14-11)15-13(9-3-4-9)10-5-6-10/h9-11,13H,2-8H2,1H3,(H,14,15). The van der Waals surface area contributed by atoms with Crippen LogP contribution in [0.1, 0.15) is 51.9 Å². The average molecular weight is 206 g/mol. The molecule has 0 bridgehead atoms. The second-order valence-corrected chi connectivity index (χ2v) is 5.52. The fourth-order valence-corrected chi connectivity index (χ4v) is 2.78. The Morgan fingerprint density at radius 1 is 1.20 bits per heavy atom. The normalized spacial score (nSPS) is 30.8. The van der Waals surface area contributed by atoms with Gasteiger partial charge >= 0.3 is 0 Å². The maximum absolute atomic E-state index is 4.77. The Hall–Kier alpha value is -0.530. The molecule has 0 aromatic rings. The zero-order valence-corrected chi connectivity index (χ0v) is 9.71. The molecule has 1 heterocycles. The first-order valence-electron chi connectivity index (χ1n) is 6.70. The van der Waals surface area contributed by atoms with Crippen LogP contribution in [-0.4, -0.2) is 17.9 Å². The quantitative estimate of drug-likeness (QED) is 0.751. The van der Waals surface area contributed by atoms with Gasteiger partial charge in [-0.3, -0.25) is 4.99 Å². The lowest BCUT2D eigenvalue weighted by atomic mass is 10.1. The summed E-state index contributed by atoms with van der Waals surface area (Å²) in [5.41, 5.74) is 0. The first-order valence-corrected chi connectivity index (χ1v) is 6.70. The van der Waals surface area contributed by atoms with Gasteiger partial charge in [-0.25, -0.2) is 0 Å². The van der Waals surface area contributed by atoms with E-state index in [4.69, 9.17) is 4.99 Å². The van der Waals surface area contributed by atoms with Gasteiger partial charge in [0.05, 0.1) is 11.9 Å². The van der Waals surface area contributed by atoms with E-state index < -0.39 is 0 Å². The third-order valence-electron chi connectivity index (χ3n) is 4.12. The number of aliphatic imine (C=N–C) groups is 1. The van der Waals surface area contributed by atoms with E-state index in [0.29, 0.717) is 6.04 Å². The number of nitrogens with zero attached hydrogens (tertiary/aromatic N) is 1. The summed E-state index contributed by atoms with van der Waals surface area (Å²) in [4.78, 5) is 4.77. The number of rotatable bonds is 4. The molecule has 0 amide bonds. The third-order valence-corrected chi connectivity index (χ3v) is 4.12. The highest BCUT2D eigenvalue weighted by molar-refractivity contribution is 5.84. The van der Waals surface area contributed by atoms with Crippen LogP contribution < -0.4 is 5.32 Å². The van der Waals surface area contributed by atoms with Crippen LogP contribution >= 0.6 is 0 Å². The molecule has 1 unspecified atom stereocenters. The maximum Gasteiger partial charge on any atom is 0.0969 e. The summed E-state index contributed by atoms with van der Waals surface area (Å²) in [7, 11) is 0. The summed E-state index contributed by atoms with van der Waals surface area (Å²) in [6.07, 6.45) is 9.52. The Bertz CT molecular complexity index is 252.